The van der Waals surface area contributed by atoms with E-state index in [9.17, 15) is 38.5 Å². The fraction of sp³-hybridized carbons (Fsp3) is 0.615. The molecule has 1 saturated heterocycles. The molecule has 2 aromatic rings. The molecule has 0 bridgehead atoms. The number of fused-ring (bicyclic) bond motifs is 1. The van der Waals surface area contributed by atoms with Gasteiger partial charge in [0, 0.05) is 0 Å². The number of aliphatic hydroxyl groups is 2. The van der Waals surface area contributed by atoms with Crippen molar-refractivity contribution >= 4 is 40.5 Å². The molecule has 0 aromatic carbocycles. The zero-order chi connectivity index (χ0) is 27.9. The summed E-state index contributed by atoms with van der Waals surface area (Å²) in [7, 11) is -16.9. The smallest absolute Gasteiger partial charge is 0.387 e. The second kappa shape index (κ2) is 10.7. The SMILES string of the molecule is CCCc1nn(C(=N)N)c2c(=O)n(C3OC(COP(=O)(O)OP(=O)(O)OP(=O)(O)O)C(O)C3O)nnc12. The molecule has 0 saturated carbocycles. The van der Waals surface area contributed by atoms with Crippen LogP contribution in [0.2, 0.25) is 0 Å². The van der Waals surface area contributed by atoms with Gasteiger partial charge in [-0.25, -0.2) is 13.7 Å². The molecule has 6 atom stereocenters. The summed E-state index contributed by atoms with van der Waals surface area (Å²) in [5, 5.41) is 39.9. The number of nitrogens with zero attached hydrogens (tertiary/aromatic N) is 5. The average Bonchev–Trinajstić information content (AvgIpc) is 3.24. The molecule has 2 aromatic heterocycles. The third-order valence-corrected chi connectivity index (χ3v) is 8.50. The zero-order valence-corrected chi connectivity index (χ0v) is 21.2. The Kier molecular flexibility index (Phi) is 8.53. The van der Waals surface area contributed by atoms with Crippen molar-refractivity contribution in [3.8, 4) is 0 Å². The number of aliphatic hydroxyl groups excluding tert-OH is 2. The number of phosphoric ester groups is 1. The predicted octanol–water partition coefficient (Wildman–Crippen LogP) is -2.36. The van der Waals surface area contributed by atoms with Gasteiger partial charge in [0.2, 0.25) is 5.96 Å². The monoisotopic (exact) mass is 593 g/mol. The van der Waals surface area contributed by atoms with Gasteiger partial charge >= 0.3 is 23.5 Å². The van der Waals surface area contributed by atoms with Crippen LogP contribution < -0.4 is 11.3 Å². The maximum Gasteiger partial charge on any atom is 0.490 e. The zero-order valence-electron chi connectivity index (χ0n) is 18.5. The van der Waals surface area contributed by atoms with E-state index in [1.165, 1.54) is 0 Å². The first-order valence-electron chi connectivity index (χ1n) is 9.98. The first kappa shape index (κ1) is 29.6. The van der Waals surface area contributed by atoms with Crippen LogP contribution in [-0.2, 0) is 38.0 Å². The number of nitrogens with two attached hydrogens (primary N) is 1. The molecule has 208 valence electrons. The largest absolute Gasteiger partial charge is 0.490 e. The first-order valence-corrected chi connectivity index (χ1v) is 14.5. The average molecular weight is 593 g/mol. The van der Waals surface area contributed by atoms with E-state index >= 15 is 0 Å². The molecule has 1 aliphatic rings. The van der Waals surface area contributed by atoms with E-state index in [0.29, 0.717) is 23.2 Å². The maximum absolute atomic E-state index is 13.1. The van der Waals surface area contributed by atoms with Crippen LogP contribution in [0.5, 0.6) is 0 Å². The van der Waals surface area contributed by atoms with Crippen LogP contribution >= 0.6 is 23.5 Å². The van der Waals surface area contributed by atoms with Crippen LogP contribution in [0.4, 0.5) is 0 Å². The summed E-state index contributed by atoms with van der Waals surface area (Å²) in [6, 6.07) is 0. The number of ether oxygens (including phenoxy) is 1. The highest BCUT2D eigenvalue weighted by atomic mass is 31.3. The van der Waals surface area contributed by atoms with E-state index in [0.717, 1.165) is 4.68 Å². The predicted molar refractivity (Wildman–Crippen MR) is 117 cm³/mol. The lowest BCUT2D eigenvalue weighted by Gasteiger charge is -2.19. The highest BCUT2D eigenvalue weighted by Crippen LogP contribution is 2.66. The number of rotatable bonds is 10. The molecule has 21 nitrogen and oxygen atoms in total. The molecule has 0 spiro atoms. The normalized spacial score (nSPS) is 25.7. The van der Waals surface area contributed by atoms with Gasteiger partial charge in [0.05, 0.1) is 12.3 Å². The Hall–Kier alpha value is -1.96. The number of phosphoric acid groups is 3. The third-order valence-electron chi connectivity index (χ3n) is 4.69. The lowest BCUT2D eigenvalue weighted by molar-refractivity contribution is -0.0611. The third kappa shape index (κ3) is 6.73. The minimum atomic E-state index is -5.78. The van der Waals surface area contributed by atoms with Crippen molar-refractivity contribution in [2.45, 2.75) is 44.3 Å². The molecule has 0 amide bonds. The summed E-state index contributed by atoms with van der Waals surface area (Å²) >= 11 is 0. The Bertz CT molecular complexity index is 1390. The molecular formula is C13H22N7O14P3. The molecule has 0 radical (unpaired) electrons. The number of hydrogen-bond donors (Lipinski definition) is 8. The van der Waals surface area contributed by atoms with Gasteiger partial charge in [-0.05, 0) is 6.42 Å². The molecule has 24 heteroatoms. The summed E-state index contributed by atoms with van der Waals surface area (Å²) in [5.74, 6) is -0.620. The van der Waals surface area contributed by atoms with Gasteiger partial charge in [0.1, 0.15) is 23.8 Å². The molecule has 6 unspecified atom stereocenters. The number of nitrogens with one attached hydrogen (secondary N) is 1. The van der Waals surface area contributed by atoms with Crippen molar-refractivity contribution in [1.82, 2.24) is 24.8 Å². The number of hydrogen-bond acceptors (Lipinski definition) is 14. The van der Waals surface area contributed by atoms with Crippen molar-refractivity contribution in [1.29, 1.82) is 5.41 Å². The van der Waals surface area contributed by atoms with E-state index < -0.39 is 66.1 Å². The maximum atomic E-state index is 13.1. The highest BCUT2D eigenvalue weighted by molar-refractivity contribution is 7.66. The second-order valence-corrected chi connectivity index (χ2v) is 11.9. The summed E-state index contributed by atoms with van der Waals surface area (Å²) in [4.78, 5) is 48.9. The van der Waals surface area contributed by atoms with Gasteiger partial charge in [-0.1, -0.05) is 18.6 Å². The van der Waals surface area contributed by atoms with Crippen molar-refractivity contribution in [2.24, 2.45) is 5.73 Å². The van der Waals surface area contributed by atoms with Crippen molar-refractivity contribution in [3.05, 3.63) is 16.0 Å². The van der Waals surface area contributed by atoms with Crippen LogP contribution in [0.25, 0.3) is 11.0 Å². The van der Waals surface area contributed by atoms with Gasteiger partial charge in [0.15, 0.2) is 11.7 Å². The van der Waals surface area contributed by atoms with Crippen LogP contribution in [0.1, 0.15) is 25.3 Å². The molecule has 3 heterocycles. The molecule has 37 heavy (non-hydrogen) atoms. The number of nitrogen functional groups attached to an aromatic ring is 1. The van der Waals surface area contributed by atoms with Gasteiger partial charge in [-0.2, -0.15) is 23.1 Å². The summed E-state index contributed by atoms with van der Waals surface area (Å²) in [6.45, 7) is 0.731. The molecule has 0 aliphatic carbocycles. The van der Waals surface area contributed by atoms with Crippen molar-refractivity contribution < 1.29 is 61.4 Å². The van der Waals surface area contributed by atoms with Gasteiger partial charge in [-0.3, -0.25) is 14.7 Å². The topological polar surface area (TPSA) is 325 Å². The lowest BCUT2D eigenvalue weighted by Crippen LogP contribution is -2.38. The minimum absolute atomic E-state index is 0.0375. The van der Waals surface area contributed by atoms with Crippen molar-refractivity contribution in [2.75, 3.05) is 6.61 Å². The molecule has 9 N–H and O–H groups in total. The molecule has 3 rings (SSSR count). The van der Waals surface area contributed by atoms with E-state index in [2.05, 4.69) is 28.6 Å². The Morgan fingerprint density at radius 1 is 1.14 bits per heavy atom. The summed E-state index contributed by atoms with van der Waals surface area (Å²) in [6.07, 6.45) is -6.18. The second-order valence-electron chi connectivity index (χ2n) is 7.46. The number of aryl methyl sites for hydroxylation is 1. The van der Waals surface area contributed by atoms with E-state index in [1.807, 2.05) is 6.92 Å². The first-order chi connectivity index (χ1) is 17.0. The van der Waals surface area contributed by atoms with Crippen LogP contribution in [0.15, 0.2) is 4.79 Å². The lowest BCUT2D eigenvalue weighted by atomic mass is 10.1. The van der Waals surface area contributed by atoms with Crippen molar-refractivity contribution in [3.63, 3.8) is 0 Å². The molecule has 1 aliphatic heterocycles. The standard InChI is InChI=1S/C13H22N7O14P3/c1-2-3-5-7-8(19(17-5)13(14)15)11(23)20(18-16-7)12-10(22)9(21)6(32-12)4-31-36(27,28)34-37(29,30)33-35(24,25)26/h6,9-10,12,21-22H,2-4H2,1H3,(H3,14,15)(H,27,28)(H,29,30)(H2,24,25,26). The van der Waals surface area contributed by atoms with E-state index in [-0.39, 0.29) is 11.0 Å². The number of aromatic nitrogens is 5. The summed E-state index contributed by atoms with van der Waals surface area (Å²) < 4.78 is 52.1. The summed E-state index contributed by atoms with van der Waals surface area (Å²) in [5.41, 5.74) is 4.61. The fourth-order valence-electron chi connectivity index (χ4n) is 3.28. The van der Waals surface area contributed by atoms with Gasteiger partial charge < -0.3 is 40.3 Å². The van der Waals surface area contributed by atoms with E-state index in [1.54, 1.807) is 0 Å². The Morgan fingerprint density at radius 2 is 1.78 bits per heavy atom. The molecule has 1 fully saturated rings. The Morgan fingerprint density at radius 3 is 2.35 bits per heavy atom. The van der Waals surface area contributed by atoms with Gasteiger partial charge in [-0.15, -0.1) is 5.10 Å². The minimum Gasteiger partial charge on any atom is -0.387 e. The van der Waals surface area contributed by atoms with Crippen LogP contribution in [-0.4, -0.2) is 85.4 Å². The van der Waals surface area contributed by atoms with Gasteiger partial charge in [0.25, 0.3) is 5.56 Å². The molecular weight excluding hydrogens is 571 g/mol. The van der Waals surface area contributed by atoms with Crippen LogP contribution in [0, 0.1) is 5.41 Å². The quantitative estimate of drug-likeness (QED) is 0.0811. The van der Waals surface area contributed by atoms with E-state index in [4.69, 9.17) is 25.7 Å². The Labute approximate surface area is 205 Å². The Balaban J connectivity index is 1.82. The van der Waals surface area contributed by atoms with Crippen LogP contribution in [0.3, 0.4) is 0 Å². The fourth-order valence-corrected chi connectivity index (χ4v) is 6.31. The highest BCUT2D eigenvalue weighted by Gasteiger charge is 2.47.